The van der Waals surface area contributed by atoms with Crippen LogP contribution in [-0.2, 0) is 0 Å². The van der Waals surface area contributed by atoms with E-state index in [1.54, 1.807) is 7.11 Å². The number of hydrogen-bond acceptors (Lipinski definition) is 2. The van der Waals surface area contributed by atoms with Gasteiger partial charge in [-0.3, -0.25) is 0 Å². The lowest BCUT2D eigenvalue weighted by Crippen LogP contribution is -1.95. The van der Waals surface area contributed by atoms with Crippen molar-refractivity contribution < 1.29 is 4.74 Å². The lowest BCUT2D eigenvalue weighted by molar-refractivity contribution is 0.415. The average Bonchev–Trinajstić information content (AvgIpc) is 2.59. The maximum absolute atomic E-state index is 6.06. The molecule has 0 unspecified atom stereocenters. The minimum absolute atomic E-state index is 0.589. The Morgan fingerprint density at radius 1 is 1.31 bits per heavy atom. The Kier molecular flexibility index (Phi) is 2.88. The Balaban J connectivity index is 2.45. The van der Waals surface area contributed by atoms with Crippen LogP contribution in [0.2, 0.25) is 5.02 Å². The van der Waals surface area contributed by atoms with E-state index in [1.807, 2.05) is 42.9 Å². The van der Waals surface area contributed by atoms with Crippen molar-refractivity contribution in [3.8, 4) is 11.4 Å². The first-order chi connectivity index (χ1) is 7.61. The van der Waals surface area contributed by atoms with Crippen molar-refractivity contribution in [3.05, 3.63) is 40.7 Å². The molecule has 1 aromatic heterocycles. The molecule has 84 valence electrons. The van der Waals surface area contributed by atoms with Gasteiger partial charge in [-0.15, -0.1) is 0 Å². The summed E-state index contributed by atoms with van der Waals surface area (Å²) < 4.78 is 6.92. The molecular formula is C12H13ClN2O. The summed E-state index contributed by atoms with van der Waals surface area (Å²) in [7, 11) is 1.60. The fourth-order valence-electron chi connectivity index (χ4n) is 1.48. The van der Waals surface area contributed by atoms with Crippen LogP contribution in [0.25, 0.3) is 5.69 Å². The number of nitrogens with zero attached hydrogens (tertiary/aromatic N) is 2. The lowest BCUT2D eigenvalue weighted by Gasteiger charge is -2.05. The smallest absolute Gasteiger partial charge is 0.137 e. The van der Waals surface area contributed by atoms with Gasteiger partial charge in [0.1, 0.15) is 5.75 Å². The van der Waals surface area contributed by atoms with Crippen LogP contribution in [0, 0.1) is 13.8 Å². The molecule has 0 spiro atoms. The van der Waals surface area contributed by atoms with E-state index < -0.39 is 0 Å². The second-order valence-electron chi connectivity index (χ2n) is 3.66. The van der Waals surface area contributed by atoms with E-state index in [1.165, 1.54) is 0 Å². The first kappa shape index (κ1) is 11.0. The summed E-state index contributed by atoms with van der Waals surface area (Å²) in [5.41, 5.74) is 3.11. The van der Waals surface area contributed by atoms with Crippen molar-refractivity contribution in [2.45, 2.75) is 13.8 Å². The van der Waals surface area contributed by atoms with Gasteiger partial charge in [0.2, 0.25) is 0 Å². The molecule has 4 heteroatoms. The molecule has 0 aliphatic carbocycles. The van der Waals surface area contributed by atoms with E-state index in [-0.39, 0.29) is 0 Å². The highest BCUT2D eigenvalue weighted by molar-refractivity contribution is 6.32. The summed E-state index contributed by atoms with van der Waals surface area (Å²) in [6.45, 7) is 4.01. The first-order valence-corrected chi connectivity index (χ1v) is 5.36. The summed E-state index contributed by atoms with van der Waals surface area (Å²) in [6.07, 6.45) is 1.98. The third kappa shape index (κ3) is 1.91. The number of methoxy groups -OCH3 is 1. The van der Waals surface area contributed by atoms with Crippen molar-refractivity contribution in [1.82, 2.24) is 9.78 Å². The lowest BCUT2D eigenvalue weighted by atomic mass is 10.3. The van der Waals surface area contributed by atoms with Crippen LogP contribution in [0.1, 0.15) is 11.3 Å². The minimum Gasteiger partial charge on any atom is -0.495 e. The van der Waals surface area contributed by atoms with E-state index in [2.05, 4.69) is 5.10 Å². The maximum atomic E-state index is 6.06. The number of benzene rings is 1. The second kappa shape index (κ2) is 4.18. The van der Waals surface area contributed by atoms with Crippen molar-refractivity contribution in [1.29, 1.82) is 0 Å². The summed E-state index contributed by atoms with van der Waals surface area (Å²) in [5.74, 6) is 0.672. The van der Waals surface area contributed by atoms with Gasteiger partial charge in [-0.25, -0.2) is 4.68 Å². The number of hydrogen-bond donors (Lipinski definition) is 0. The normalized spacial score (nSPS) is 10.5. The van der Waals surface area contributed by atoms with Crippen molar-refractivity contribution in [3.63, 3.8) is 0 Å². The molecule has 2 aromatic rings. The fraction of sp³-hybridized carbons (Fsp3) is 0.250. The van der Waals surface area contributed by atoms with Crippen LogP contribution in [0.5, 0.6) is 5.75 Å². The Morgan fingerprint density at radius 2 is 2.06 bits per heavy atom. The molecule has 0 amide bonds. The number of halogens is 1. The van der Waals surface area contributed by atoms with Crippen LogP contribution in [0.15, 0.2) is 24.4 Å². The van der Waals surface area contributed by atoms with Gasteiger partial charge in [0, 0.05) is 6.20 Å². The molecule has 0 aliphatic heterocycles. The molecule has 2 rings (SSSR count). The van der Waals surface area contributed by atoms with Gasteiger partial charge >= 0.3 is 0 Å². The third-order valence-electron chi connectivity index (χ3n) is 2.54. The van der Waals surface area contributed by atoms with Gasteiger partial charge in [-0.2, -0.15) is 5.10 Å². The van der Waals surface area contributed by atoms with Gasteiger partial charge < -0.3 is 4.74 Å². The highest BCUT2D eigenvalue weighted by Gasteiger charge is 2.05. The molecule has 1 aromatic carbocycles. The van der Waals surface area contributed by atoms with Gasteiger partial charge in [0.25, 0.3) is 0 Å². The molecule has 0 aliphatic rings. The maximum Gasteiger partial charge on any atom is 0.137 e. The summed E-state index contributed by atoms with van der Waals surface area (Å²) in [6, 6.07) is 5.60. The molecule has 0 saturated carbocycles. The summed E-state index contributed by atoms with van der Waals surface area (Å²) >= 11 is 6.06. The Bertz CT molecular complexity index is 500. The highest BCUT2D eigenvalue weighted by Crippen LogP contribution is 2.26. The molecule has 0 radical (unpaired) electrons. The molecule has 3 nitrogen and oxygen atoms in total. The molecular weight excluding hydrogens is 224 g/mol. The average molecular weight is 237 g/mol. The van der Waals surface area contributed by atoms with Crippen LogP contribution in [0.3, 0.4) is 0 Å². The summed E-state index contributed by atoms with van der Waals surface area (Å²) in [4.78, 5) is 0. The standard InChI is InChI=1S/C12H13ClN2O/c1-8-7-15(14-9(8)2)10-4-5-12(16-3)11(13)6-10/h4-7H,1-3H3. The SMILES string of the molecule is COc1ccc(-n2cc(C)c(C)n2)cc1Cl. The monoisotopic (exact) mass is 236 g/mol. The van der Waals surface area contributed by atoms with Crippen molar-refractivity contribution in [2.75, 3.05) is 7.11 Å². The number of aromatic nitrogens is 2. The molecule has 0 N–H and O–H groups in total. The summed E-state index contributed by atoms with van der Waals surface area (Å²) in [5, 5.41) is 4.98. The Morgan fingerprint density at radius 3 is 2.56 bits per heavy atom. The topological polar surface area (TPSA) is 27.1 Å². The minimum atomic E-state index is 0.589. The van der Waals surface area contributed by atoms with E-state index in [9.17, 15) is 0 Å². The number of ether oxygens (including phenoxy) is 1. The van der Waals surface area contributed by atoms with Gasteiger partial charge in [-0.05, 0) is 37.6 Å². The van der Waals surface area contributed by atoms with Gasteiger partial charge in [0.05, 0.1) is 23.5 Å². The van der Waals surface area contributed by atoms with Crippen molar-refractivity contribution in [2.24, 2.45) is 0 Å². The third-order valence-corrected chi connectivity index (χ3v) is 2.84. The highest BCUT2D eigenvalue weighted by atomic mass is 35.5. The van der Waals surface area contributed by atoms with Gasteiger partial charge in [0.15, 0.2) is 0 Å². The predicted molar refractivity (Wildman–Crippen MR) is 64.6 cm³/mol. The molecule has 0 fully saturated rings. The Hall–Kier alpha value is -1.48. The quantitative estimate of drug-likeness (QED) is 0.801. The first-order valence-electron chi connectivity index (χ1n) is 4.98. The fourth-order valence-corrected chi connectivity index (χ4v) is 1.73. The zero-order chi connectivity index (χ0) is 11.7. The molecule has 0 atom stereocenters. The predicted octanol–water partition coefficient (Wildman–Crippen LogP) is 3.15. The van der Waals surface area contributed by atoms with Crippen LogP contribution in [0.4, 0.5) is 0 Å². The van der Waals surface area contributed by atoms with Crippen molar-refractivity contribution >= 4 is 11.6 Å². The zero-order valence-corrected chi connectivity index (χ0v) is 10.2. The largest absolute Gasteiger partial charge is 0.495 e. The number of rotatable bonds is 2. The molecule has 16 heavy (non-hydrogen) atoms. The zero-order valence-electron chi connectivity index (χ0n) is 9.49. The molecule has 0 bridgehead atoms. The van der Waals surface area contributed by atoms with E-state index >= 15 is 0 Å². The van der Waals surface area contributed by atoms with Crippen LogP contribution >= 0.6 is 11.6 Å². The van der Waals surface area contributed by atoms with Gasteiger partial charge in [-0.1, -0.05) is 11.6 Å². The molecule has 1 heterocycles. The van der Waals surface area contributed by atoms with E-state index in [0.717, 1.165) is 16.9 Å². The van der Waals surface area contributed by atoms with Crippen LogP contribution in [-0.4, -0.2) is 16.9 Å². The Labute approximate surface area is 99.6 Å². The van der Waals surface area contributed by atoms with E-state index in [4.69, 9.17) is 16.3 Å². The molecule has 0 saturated heterocycles. The number of aryl methyl sites for hydroxylation is 2. The van der Waals surface area contributed by atoms with Crippen LogP contribution < -0.4 is 4.74 Å². The van der Waals surface area contributed by atoms with E-state index in [0.29, 0.717) is 10.8 Å². The second-order valence-corrected chi connectivity index (χ2v) is 4.07.